The summed E-state index contributed by atoms with van der Waals surface area (Å²) >= 11 is 0. The maximum absolute atomic E-state index is 11.4. The van der Waals surface area contributed by atoms with Gasteiger partial charge in [-0.2, -0.15) is 0 Å². The van der Waals surface area contributed by atoms with Gasteiger partial charge < -0.3 is 14.6 Å². The molecular weight excluding hydrogens is 228 g/mol. The molecule has 0 aromatic heterocycles. The van der Waals surface area contributed by atoms with Crippen LogP contribution in [0.15, 0.2) is 18.2 Å². The summed E-state index contributed by atoms with van der Waals surface area (Å²) in [4.78, 5) is 32.8. The van der Waals surface area contributed by atoms with E-state index in [1.165, 1.54) is 25.3 Å². The summed E-state index contributed by atoms with van der Waals surface area (Å²) < 4.78 is 8.50. The molecule has 0 bridgehead atoms. The Labute approximate surface area is 96.8 Å². The minimum Gasteiger partial charge on any atom is -0.465 e. The Bertz CT molecular complexity index is 477. The molecule has 90 valence electrons. The van der Waals surface area contributed by atoms with Crippen molar-refractivity contribution in [2.75, 3.05) is 7.11 Å². The van der Waals surface area contributed by atoms with E-state index in [2.05, 4.69) is 9.47 Å². The summed E-state index contributed by atoms with van der Waals surface area (Å²) in [6.07, 6.45) is -1.70. The number of carbonyl (C=O) groups excluding carboxylic acids is 2. The Morgan fingerprint density at radius 3 is 2.35 bits per heavy atom. The van der Waals surface area contributed by atoms with Gasteiger partial charge in [0.05, 0.1) is 18.2 Å². The molecule has 0 aliphatic rings. The fraction of sp³-hybridized carbons (Fsp3) is 0.182. The Kier molecular flexibility index (Phi) is 3.82. The van der Waals surface area contributed by atoms with E-state index in [0.717, 1.165) is 0 Å². The first-order chi connectivity index (χ1) is 7.95. The number of rotatable bonds is 2. The smallest absolute Gasteiger partial charge is 0.465 e. The maximum atomic E-state index is 11.4. The van der Waals surface area contributed by atoms with Gasteiger partial charge in [0.2, 0.25) is 0 Å². The molecule has 1 N–H and O–H groups in total. The van der Waals surface area contributed by atoms with Crippen LogP contribution >= 0.6 is 0 Å². The second-order valence-corrected chi connectivity index (χ2v) is 3.18. The molecule has 6 nitrogen and oxygen atoms in total. The van der Waals surface area contributed by atoms with Crippen molar-refractivity contribution in [1.29, 1.82) is 0 Å². The predicted molar refractivity (Wildman–Crippen MR) is 56.0 cm³/mol. The molecule has 1 aromatic rings. The minimum absolute atomic E-state index is 0.00954. The minimum atomic E-state index is -1.70. The molecule has 17 heavy (non-hydrogen) atoms. The van der Waals surface area contributed by atoms with Crippen molar-refractivity contribution >= 4 is 18.1 Å². The van der Waals surface area contributed by atoms with Gasteiger partial charge in [0.25, 0.3) is 0 Å². The molecule has 0 saturated heterocycles. The third-order valence-electron chi connectivity index (χ3n) is 2.06. The molecule has 1 aromatic carbocycles. The van der Waals surface area contributed by atoms with Crippen LogP contribution in [0.4, 0.5) is 4.79 Å². The van der Waals surface area contributed by atoms with Gasteiger partial charge in [-0.3, -0.25) is 0 Å². The lowest BCUT2D eigenvalue weighted by Crippen LogP contribution is -2.13. The van der Waals surface area contributed by atoms with Crippen molar-refractivity contribution in [2.45, 2.75) is 6.92 Å². The highest BCUT2D eigenvalue weighted by Crippen LogP contribution is 2.13. The summed E-state index contributed by atoms with van der Waals surface area (Å²) in [7, 11) is 1.21. The fourth-order valence-corrected chi connectivity index (χ4v) is 1.22. The molecule has 0 unspecified atom stereocenters. The molecule has 0 radical (unpaired) electrons. The van der Waals surface area contributed by atoms with E-state index in [1.807, 2.05) is 0 Å². The Hall–Kier alpha value is -2.37. The first-order valence-corrected chi connectivity index (χ1v) is 4.59. The topological polar surface area (TPSA) is 89.9 Å². The van der Waals surface area contributed by atoms with Crippen LogP contribution in [0, 0.1) is 6.92 Å². The number of carbonyl (C=O) groups is 3. The van der Waals surface area contributed by atoms with Crippen LogP contribution in [0.1, 0.15) is 26.3 Å². The molecule has 0 spiro atoms. The number of ether oxygens (including phenoxy) is 2. The van der Waals surface area contributed by atoms with E-state index in [9.17, 15) is 14.4 Å². The normalized spacial score (nSPS) is 9.53. The summed E-state index contributed by atoms with van der Waals surface area (Å²) in [6, 6.07) is 4.20. The Morgan fingerprint density at radius 1 is 1.18 bits per heavy atom. The van der Waals surface area contributed by atoms with Gasteiger partial charge in [0, 0.05) is 0 Å². The van der Waals surface area contributed by atoms with Crippen molar-refractivity contribution in [3.63, 3.8) is 0 Å². The van der Waals surface area contributed by atoms with Crippen LogP contribution in [0.25, 0.3) is 0 Å². The molecule has 0 saturated carbocycles. The highest BCUT2D eigenvalue weighted by Gasteiger charge is 2.17. The lowest BCUT2D eigenvalue weighted by atomic mass is 10.1. The van der Waals surface area contributed by atoms with Gasteiger partial charge in [0.15, 0.2) is 0 Å². The van der Waals surface area contributed by atoms with E-state index in [4.69, 9.17) is 5.11 Å². The van der Waals surface area contributed by atoms with Gasteiger partial charge in [-0.05, 0) is 24.6 Å². The average molecular weight is 238 g/mol. The fourth-order valence-electron chi connectivity index (χ4n) is 1.22. The molecule has 6 heteroatoms. The molecule has 0 aliphatic heterocycles. The monoisotopic (exact) mass is 238 g/mol. The largest absolute Gasteiger partial charge is 0.513 e. The predicted octanol–water partition coefficient (Wildman–Crippen LogP) is 1.62. The highest BCUT2D eigenvalue weighted by atomic mass is 16.7. The number of hydrogen-bond donors (Lipinski definition) is 1. The molecule has 0 heterocycles. The Morgan fingerprint density at radius 2 is 1.82 bits per heavy atom. The first-order valence-electron chi connectivity index (χ1n) is 4.59. The third-order valence-corrected chi connectivity index (χ3v) is 2.06. The lowest BCUT2D eigenvalue weighted by molar-refractivity contribution is 0.0508. The van der Waals surface area contributed by atoms with Crippen molar-refractivity contribution in [2.24, 2.45) is 0 Å². The molecule has 0 atom stereocenters. The van der Waals surface area contributed by atoms with E-state index >= 15 is 0 Å². The number of methoxy groups -OCH3 is 1. The van der Waals surface area contributed by atoms with E-state index in [1.54, 1.807) is 6.92 Å². The van der Waals surface area contributed by atoms with Crippen molar-refractivity contribution in [1.82, 2.24) is 0 Å². The Balaban J connectivity index is 3.10. The number of benzene rings is 1. The van der Waals surface area contributed by atoms with Crippen LogP contribution < -0.4 is 0 Å². The number of carboxylic acid groups (broad SMARTS) is 1. The van der Waals surface area contributed by atoms with Gasteiger partial charge in [-0.1, -0.05) is 6.07 Å². The molecular formula is C11H10O6. The number of hydrogen-bond acceptors (Lipinski definition) is 5. The number of aryl methyl sites for hydroxylation is 1. The summed E-state index contributed by atoms with van der Waals surface area (Å²) in [5.41, 5.74) is 0.662. The number of esters is 2. The van der Waals surface area contributed by atoms with Gasteiger partial charge in [-0.15, -0.1) is 0 Å². The quantitative estimate of drug-likeness (QED) is 0.621. The molecule has 1 rings (SSSR count). The summed E-state index contributed by atoms with van der Waals surface area (Å²) in [6.45, 7) is 1.60. The van der Waals surface area contributed by atoms with Crippen LogP contribution in [0.3, 0.4) is 0 Å². The van der Waals surface area contributed by atoms with Gasteiger partial charge >= 0.3 is 18.1 Å². The summed E-state index contributed by atoms with van der Waals surface area (Å²) in [5.74, 6) is -1.64. The van der Waals surface area contributed by atoms with Crippen molar-refractivity contribution < 1.29 is 29.0 Å². The van der Waals surface area contributed by atoms with Gasteiger partial charge in [-0.25, -0.2) is 14.4 Å². The zero-order valence-electron chi connectivity index (χ0n) is 9.22. The maximum Gasteiger partial charge on any atom is 0.513 e. The van der Waals surface area contributed by atoms with E-state index in [0.29, 0.717) is 5.56 Å². The highest BCUT2D eigenvalue weighted by molar-refractivity contribution is 5.99. The van der Waals surface area contributed by atoms with Crippen molar-refractivity contribution in [3.8, 4) is 0 Å². The van der Waals surface area contributed by atoms with Crippen LogP contribution in [-0.4, -0.2) is 30.3 Å². The zero-order chi connectivity index (χ0) is 13.0. The average Bonchev–Trinajstić information content (AvgIpc) is 2.27. The second kappa shape index (κ2) is 5.11. The van der Waals surface area contributed by atoms with Crippen LogP contribution in [0.2, 0.25) is 0 Å². The standard InChI is InChI=1S/C11H10O6/c1-6-3-4-7(9(12)16-2)5-8(6)10(13)17-11(14)15/h3-5H,1-2H3,(H,14,15). The summed E-state index contributed by atoms with van der Waals surface area (Å²) in [5, 5.41) is 8.33. The van der Waals surface area contributed by atoms with Gasteiger partial charge in [0.1, 0.15) is 0 Å². The van der Waals surface area contributed by atoms with E-state index in [-0.39, 0.29) is 11.1 Å². The molecule has 0 aliphatic carbocycles. The second-order valence-electron chi connectivity index (χ2n) is 3.18. The van der Waals surface area contributed by atoms with E-state index < -0.39 is 18.1 Å². The molecule has 0 fully saturated rings. The third kappa shape index (κ3) is 3.04. The van der Waals surface area contributed by atoms with Crippen LogP contribution in [-0.2, 0) is 9.47 Å². The van der Waals surface area contributed by atoms with Crippen LogP contribution in [0.5, 0.6) is 0 Å². The first kappa shape index (κ1) is 12.7. The molecule has 0 amide bonds. The zero-order valence-corrected chi connectivity index (χ0v) is 9.22. The SMILES string of the molecule is COC(=O)c1ccc(C)c(C(=O)OC(=O)O)c1. The van der Waals surface area contributed by atoms with Crippen molar-refractivity contribution in [3.05, 3.63) is 34.9 Å². The lowest BCUT2D eigenvalue weighted by Gasteiger charge is -2.05.